The molecule has 2 amide bonds. The fourth-order valence-corrected chi connectivity index (χ4v) is 2.73. The topological polar surface area (TPSA) is 88.7 Å². The molecular weight excluding hydrogens is 382 g/mol. The number of benzene rings is 2. The predicted molar refractivity (Wildman–Crippen MR) is 120 cm³/mol. The Morgan fingerprint density at radius 1 is 0.867 bits per heavy atom. The fourth-order valence-electron chi connectivity index (χ4n) is 2.73. The van der Waals surface area contributed by atoms with Gasteiger partial charge in [-0.2, -0.15) is 0 Å². The van der Waals surface area contributed by atoms with Crippen molar-refractivity contribution < 1.29 is 19.1 Å². The first kappa shape index (κ1) is 23.2. The number of unbranched alkanes of at least 4 members (excludes halogenated alkanes) is 2. The van der Waals surface area contributed by atoms with E-state index in [4.69, 9.17) is 9.47 Å². The molecule has 0 heterocycles. The third kappa shape index (κ3) is 8.96. The maximum Gasteiger partial charge on any atom is 0.243 e. The normalized spacial score (nSPS) is 10.3. The molecule has 2 aromatic carbocycles. The maximum absolute atomic E-state index is 12.2. The zero-order valence-corrected chi connectivity index (χ0v) is 17.7. The van der Waals surface area contributed by atoms with Crippen LogP contribution in [0.15, 0.2) is 48.5 Å². The Labute approximate surface area is 178 Å². The molecule has 2 rings (SSSR count). The second-order valence-electron chi connectivity index (χ2n) is 6.85. The number of amides is 2. The lowest BCUT2D eigenvalue weighted by Crippen LogP contribution is -2.21. The SMILES string of the molecule is CCCCCC(=O)Nc1cccc(NCC(=O)Nc2ccc(OCCOC)cc2)c1. The second kappa shape index (κ2) is 13.2. The summed E-state index contributed by atoms with van der Waals surface area (Å²) < 4.78 is 10.4. The van der Waals surface area contributed by atoms with Gasteiger partial charge in [-0.05, 0) is 48.9 Å². The van der Waals surface area contributed by atoms with Crippen LogP contribution in [0.3, 0.4) is 0 Å². The molecule has 0 atom stereocenters. The van der Waals surface area contributed by atoms with Crippen molar-refractivity contribution in [2.45, 2.75) is 32.6 Å². The maximum atomic E-state index is 12.2. The van der Waals surface area contributed by atoms with Crippen molar-refractivity contribution in [2.24, 2.45) is 0 Å². The standard InChI is InChI=1S/C23H31N3O4/c1-3-4-5-9-22(27)26-20-8-6-7-19(16-20)24-17-23(28)25-18-10-12-21(13-11-18)30-15-14-29-2/h6-8,10-13,16,24H,3-5,9,14-15,17H2,1-2H3,(H,25,28)(H,26,27). The lowest BCUT2D eigenvalue weighted by molar-refractivity contribution is -0.116. The van der Waals surface area contributed by atoms with E-state index in [9.17, 15) is 9.59 Å². The van der Waals surface area contributed by atoms with Crippen LogP contribution in [0.2, 0.25) is 0 Å². The molecule has 0 fully saturated rings. The van der Waals surface area contributed by atoms with Gasteiger partial charge >= 0.3 is 0 Å². The molecule has 2 aromatic rings. The third-order valence-electron chi connectivity index (χ3n) is 4.30. The number of hydrogen-bond donors (Lipinski definition) is 3. The lowest BCUT2D eigenvalue weighted by atomic mass is 10.2. The van der Waals surface area contributed by atoms with Gasteiger partial charge in [0.2, 0.25) is 11.8 Å². The number of methoxy groups -OCH3 is 1. The summed E-state index contributed by atoms with van der Waals surface area (Å²) in [6, 6.07) is 14.5. The molecule has 0 radical (unpaired) electrons. The minimum absolute atomic E-state index is 0.00740. The molecule has 7 nitrogen and oxygen atoms in total. The number of carbonyl (C=O) groups excluding carboxylic acids is 2. The van der Waals surface area contributed by atoms with E-state index in [1.54, 1.807) is 31.4 Å². The lowest BCUT2D eigenvalue weighted by Gasteiger charge is -2.11. The van der Waals surface area contributed by atoms with Crippen LogP contribution in [0.25, 0.3) is 0 Å². The summed E-state index contributed by atoms with van der Waals surface area (Å²) in [6.07, 6.45) is 3.54. The summed E-state index contributed by atoms with van der Waals surface area (Å²) in [4.78, 5) is 24.2. The van der Waals surface area contributed by atoms with E-state index in [1.807, 2.05) is 24.3 Å². The summed E-state index contributed by atoms with van der Waals surface area (Å²) in [5.41, 5.74) is 2.17. The zero-order valence-electron chi connectivity index (χ0n) is 17.7. The Bertz CT molecular complexity index is 793. The summed E-state index contributed by atoms with van der Waals surface area (Å²) in [5, 5.41) is 8.80. The van der Waals surface area contributed by atoms with Gasteiger partial charge in [0, 0.05) is 30.6 Å². The van der Waals surface area contributed by atoms with Crippen LogP contribution in [0.4, 0.5) is 17.1 Å². The highest BCUT2D eigenvalue weighted by atomic mass is 16.5. The largest absolute Gasteiger partial charge is 0.491 e. The molecule has 162 valence electrons. The Balaban J connectivity index is 1.77. The second-order valence-corrected chi connectivity index (χ2v) is 6.85. The van der Waals surface area contributed by atoms with Crippen molar-refractivity contribution in [2.75, 3.05) is 42.8 Å². The molecule has 0 unspecified atom stereocenters. The van der Waals surface area contributed by atoms with Gasteiger partial charge in [-0.1, -0.05) is 25.8 Å². The summed E-state index contributed by atoms with van der Waals surface area (Å²) in [6.45, 7) is 3.22. The van der Waals surface area contributed by atoms with Crippen molar-refractivity contribution in [1.82, 2.24) is 0 Å². The Kier molecular flexibility index (Phi) is 10.2. The summed E-state index contributed by atoms with van der Waals surface area (Å²) in [5.74, 6) is 0.557. The quantitative estimate of drug-likeness (QED) is 0.427. The van der Waals surface area contributed by atoms with Crippen molar-refractivity contribution in [1.29, 1.82) is 0 Å². The van der Waals surface area contributed by atoms with Crippen LogP contribution in [0.5, 0.6) is 5.75 Å². The van der Waals surface area contributed by atoms with Crippen molar-refractivity contribution in [3.63, 3.8) is 0 Å². The fraction of sp³-hybridized carbons (Fsp3) is 0.391. The minimum Gasteiger partial charge on any atom is -0.491 e. The van der Waals surface area contributed by atoms with Gasteiger partial charge in [-0.25, -0.2) is 0 Å². The molecule has 30 heavy (non-hydrogen) atoms. The van der Waals surface area contributed by atoms with Crippen LogP contribution in [-0.4, -0.2) is 38.7 Å². The highest BCUT2D eigenvalue weighted by Gasteiger charge is 2.05. The van der Waals surface area contributed by atoms with E-state index in [0.717, 1.165) is 30.7 Å². The first-order valence-corrected chi connectivity index (χ1v) is 10.3. The first-order chi connectivity index (χ1) is 14.6. The number of rotatable bonds is 13. The van der Waals surface area contributed by atoms with E-state index in [-0.39, 0.29) is 18.4 Å². The Hall–Kier alpha value is -3.06. The van der Waals surface area contributed by atoms with E-state index >= 15 is 0 Å². The molecule has 0 saturated heterocycles. The van der Waals surface area contributed by atoms with E-state index in [2.05, 4.69) is 22.9 Å². The smallest absolute Gasteiger partial charge is 0.243 e. The number of anilines is 3. The van der Waals surface area contributed by atoms with Gasteiger partial charge in [-0.3, -0.25) is 9.59 Å². The molecule has 0 aliphatic carbocycles. The third-order valence-corrected chi connectivity index (χ3v) is 4.30. The van der Waals surface area contributed by atoms with Gasteiger partial charge in [0.25, 0.3) is 0 Å². The van der Waals surface area contributed by atoms with E-state index in [0.29, 0.717) is 31.0 Å². The molecule has 7 heteroatoms. The number of nitrogens with one attached hydrogen (secondary N) is 3. The number of hydrogen-bond acceptors (Lipinski definition) is 5. The molecule has 0 aromatic heterocycles. The van der Waals surface area contributed by atoms with Gasteiger partial charge < -0.3 is 25.4 Å². The van der Waals surface area contributed by atoms with Gasteiger partial charge in [0.05, 0.1) is 13.2 Å². The van der Waals surface area contributed by atoms with Gasteiger partial charge in [-0.15, -0.1) is 0 Å². The molecule has 3 N–H and O–H groups in total. The molecule has 0 saturated carbocycles. The van der Waals surface area contributed by atoms with Gasteiger partial charge in [0.1, 0.15) is 12.4 Å². The van der Waals surface area contributed by atoms with E-state index < -0.39 is 0 Å². The number of ether oxygens (including phenoxy) is 2. The summed E-state index contributed by atoms with van der Waals surface area (Å²) in [7, 11) is 1.62. The highest BCUT2D eigenvalue weighted by molar-refractivity contribution is 5.94. The molecule has 0 aliphatic rings. The first-order valence-electron chi connectivity index (χ1n) is 10.3. The van der Waals surface area contributed by atoms with Crippen molar-refractivity contribution in [3.05, 3.63) is 48.5 Å². The van der Waals surface area contributed by atoms with Crippen LogP contribution >= 0.6 is 0 Å². The van der Waals surface area contributed by atoms with Crippen molar-refractivity contribution in [3.8, 4) is 5.75 Å². The Morgan fingerprint density at radius 3 is 2.33 bits per heavy atom. The van der Waals surface area contributed by atoms with Crippen LogP contribution in [0.1, 0.15) is 32.6 Å². The number of carbonyl (C=O) groups is 2. The van der Waals surface area contributed by atoms with Crippen LogP contribution in [-0.2, 0) is 14.3 Å². The van der Waals surface area contributed by atoms with E-state index in [1.165, 1.54) is 0 Å². The minimum atomic E-state index is -0.169. The average molecular weight is 414 g/mol. The molecular formula is C23H31N3O4. The van der Waals surface area contributed by atoms with Crippen LogP contribution in [0, 0.1) is 0 Å². The average Bonchev–Trinajstić information content (AvgIpc) is 2.74. The highest BCUT2D eigenvalue weighted by Crippen LogP contribution is 2.17. The van der Waals surface area contributed by atoms with Gasteiger partial charge in [0.15, 0.2) is 0 Å². The van der Waals surface area contributed by atoms with Crippen molar-refractivity contribution >= 4 is 28.9 Å². The Morgan fingerprint density at radius 2 is 1.60 bits per heavy atom. The summed E-state index contributed by atoms with van der Waals surface area (Å²) >= 11 is 0. The monoisotopic (exact) mass is 413 g/mol. The molecule has 0 aliphatic heterocycles. The van der Waals surface area contributed by atoms with Crippen LogP contribution < -0.4 is 20.7 Å². The zero-order chi connectivity index (χ0) is 21.6. The molecule has 0 bridgehead atoms. The predicted octanol–water partition coefficient (Wildman–Crippen LogP) is 4.28. The molecule has 0 spiro atoms.